The average Bonchev–Trinajstić information content (AvgIpc) is 3.78. The van der Waals surface area contributed by atoms with Crippen LogP contribution in [0.15, 0.2) is 24.3 Å². The van der Waals surface area contributed by atoms with Crippen molar-refractivity contribution >= 4 is 35.8 Å². The van der Waals surface area contributed by atoms with Gasteiger partial charge in [0.2, 0.25) is 0 Å². The van der Waals surface area contributed by atoms with Crippen LogP contribution in [0.4, 0.5) is 0 Å². The number of rotatable bonds is 8. The zero-order valence-electron chi connectivity index (χ0n) is 24.9. The van der Waals surface area contributed by atoms with Crippen LogP contribution in [0.5, 0.6) is 0 Å². The lowest BCUT2D eigenvalue weighted by Crippen LogP contribution is -2.45. The number of esters is 6. The largest absolute Gasteiger partial charge is 0.465 e. The molecule has 240 valence electrons. The van der Waals surface area contributed by atoms with Crippen LogP contribution >= 0.6 is 0 Å². The van der Waals surface area contributed by atoms with E-state index < -0.39 is 54.9 Å². The summed E-state index contributed by atoms with van der Waals surface area (Å²) in [6.45, 7) is 12.9. The molecule has 44 heavy (non-hydrogen) atoms. The van der Waals surface area contributed by atoms with Crippen LogP contribution in [-0.4, -0.2) is 97.9 Å². The molecular formula is C30H36O14. The van der Waals surface area contributed by atoms with Crippen molar-refractivity contribution in [2.75, 3.05) is 19.8 Å². The topological polar surface area (TPSA) is 176 Å². The molecule has 6 saturated heterocycles. The van der Waals surface area contributed by atoms with Gasteiger partial charge in [0.15, 0.2) is 13.2 Å². The van der Waals surface area contributed by atoms with Crippen LogP contribution in [0.1, 0.15) is 40.5 Å². The van der Waals surface area contributed by atoms with Gasteiger partial charge in [-0.05, 0) is 27.7 Å². The van der Waals surface area contributed by atoms with Crippen LogP contribution < -0.4 is 0 Å². The molecule has 6 rings (SSSR count). The Balaban J connectivity index is 0.000000175. The van der Waals surface area contributed by atoms with Crippen LogP contribution in [-0.2, 0) is 66.7 Å². The Morgan fingerprint density at radius 1 is 0.795 bits per heavy atom. The Labute approximate surface area is 253 Å². The molecule has 14 heteroatoms. The molecule has 0 radical (unpaired) electrons. The van der Waals surface area contributed by atoms with Crippen molar-refractivity contribution in [3.8, 4) is 0 Å². The highest BCUT2D eigenvalue weighted by Gasteiger charge is 2.68. The maximum atomic E-state index is 12.0. The fourth-order valence-electron chi connectivity index (χ4n) is 6.94. The van der Waals surface area contributed by atoms with Crippen molar-refractivity contribution in [1.82, 2.24) is 0 Å². The maximum absolute atomic E-state index is 12.0. The monoisotopic (exact) mass is 620 g/mol. The van der Waals surface area contributed by atoms with Gasteiger partial charge in [-0.15, -0.1) is 0 Å². The van der Waals surface area contributed by atoms with E-state index in [9.17, 15) is 28.8 Å². The number of hydrogen-bond acceptors (Lipinski definition) is 14. The number of carbonyl (C=O) groups excluding carboxylic acids is 6. The van der Waals surface area contributed by atoms with Crippen LogP contribution in [0.2, 0.25) is 0 Å². The lowest BCUT2D eigenvalue weighted by atomic mass is 9.72. The molecule has 0 saturated carbocycles. The van der Waals surface area contributed by atoms with E-state index in [1.54, 1.807) is 0 Å². The maximum Gasteiger partial charge on any atom is 0.344 e. The Morgan fingerprint density at radius 2 is 1.30 bits per heavy atom. The highest BCUT2D eigenvalue weighted by molar-refractivity contribution is 5.89. The predicted molar refractivity (Wildman–Crippen MR) is 143 cm³/mol. The number of fused-ring (bicyclic) bond motifs is 10. The highest BCUT2D eigenvalue weighted by atomic mass is 16.6. The first-order chi connectivity index (χ1) is 20.7. The lowest BCUT2D eigenvalue weighted by molar-refractivity contribution is -0.165. The molecule has 0 aromatic rings. The third kappa shape index (κ3) is 5.96. The molecule has 6 aliphatic rings. The van der Waals surface area contributed by atoms with Gasteiger partial charge in [-0.25, -0.2) is 19.2 Å². The van der Waals surface area contributed by atoms with Crippen molar-refractivity contribution in [3.63, 3.8) is 0 Å². The van der Waals surface area contributed by atoms with Gasteiger partial charge < -0.3 is 37.9 Å². The van der Waals surface area contributed by atoms with Gasteiger partial charge >= 0.3 is 35.8 Å². The molecule has 6 fully saturated rings. The minimum Gasteiger partial charge on any atom is -0.465 e. The molecule has 0 aromatic heterocycles. The van der Waals surface area contributed by atoms with Gasteiger partial charge in [-0.3, -0.25) is 9.59 Å². The second kappa shape index (κ2) is 12.0. The lowest BCUT2D eigenvalue weighted by Gasteiger charge is -2.32. The summed E-state index contributed by atoms with van der Waals surface area (Å²) in [5, 5.41) is 0. The smallest absolute Gasteiger partial charge is 0.344 e. The minimum absolute atomic E-state index is 0.0491. The Kier molecular flexibility index (Phi) is 8.60. The van der Waals surface area contributed by atoms with Crippen LogP contribution in [0.25, 0.3) is 0 Å². The van der Waals surface area contributed by atoms with Crippen LogP contribution in [0, 0.1) is 23.7 Å². The van der Waals surface area contributed by atoms with Gasteiger partial charge in [-0.1, -0.05) is 13.2 Å². The van der Waals surface area contributed by atoms with E-state index in [2.05, 4.69) is 13.2 Å². The molecule has 14 nitrogen and oxygen atoms in total. The normalized spacial score (nSPS) is 36.2. The molecule has 6 aliphatic heterocycles. The number of carbonyl (C=O) groups is 6. The van der Waals surface area contributed by atoms with Gasteiger partial charge in [0.25, 0.3) is 0 Å². The summed E-state index contributed by atoms with van der Waals surface area (Å²) in [6, 6.07) is 0. The van der Waals surface area contributed by atoms with Crippen molar-refractivity contribution < 1.29 is 66.7 Å². The fraction of sp³-hybridized carbons (Fsp3) is 0.667. The van der Waals surface area contributed by atoms with E-state index in [-0.39, 0.29) is 71.2 Å². The van der Waals surface area contributed by atoms with Crippen molar-refractivity contribution in [3.05, 3.63) is 24.3 Å². The molecule has 0 aromatic carbocycles. The highest BCUT2D eigenvalue weighted by Crippen LogP contribution is 2.54. The third-order valence-corrected chi connectivity index (χ3v) is 8.78. The molecule has 0 aliphatic carbocycles. The van der Waals surface area contributed by atoms with Crippen molar-refractivity contribution in [2.24, 2.45) is 23.7 Å². The first-order valence-corrected chi connectivity index (χ1v) is 14.4. The van der Waals surface area contributed by atoms with Gasteiger partial charge in [0.1, 0.15) is 30.0 Å². The molecule has 10 atom stereocenters. The average molecular weight is 621 g/mol. The predicted octanol–water partition coefficient (Wildman–Crippen LogP) is 0.734. The molecular weight excluding hydrogens is 584 g/mol. The van der Waals surface area contributed by atoms with E-state index >= 15 is 0 Å². The Bertz CT molecular complexity index is 1280. The van der Waals surface area contributed by atoms with Crippen molar-refractivity contribution in [2.45, 2.75) is 82.8 Å². The number of hydrogen-bond donors (Lipinski definition) is 0. The summed E-state index contributed by atoms with van der Waals surface area (Å²) in [6.07, 6.45) is -1.15. The van der Waals surface area contributed by atoms with E-state index in [1.807, 2.05) is 13.8 Å². The molecule has 4 bridgehead atoms. The Morgan fingerprint density at radius 3 is 1.84 bits per heavy atom. The molecule has 0 spiro atoms. The first kappa shape index (κ1) is 31.6. The second-order valence-corrected chi connectivity index (χ2v) is 12.4. The molecule has 10 unspecified atom stereocenters. The first-order valence-electron chi connectivity index (χ1n) is 14.4. The van der Waals surface area contributed by atoms with E-state index in [1.165, 1.54) is 13.8 Å². The fourth-order valence-corrected chi connectivity index (χ4v) is 6.94. The zero-order valence-corrected chi connectivity index (χ0v) is 24.9. The minimum atomic E-state index is -0.640. The van der Waals surface area contributed by atoms with E-state index in [0.717, 1.165) is 0 Å². The summed E-state index contributed by atoms with van der Waals surface area (Å²) in [5.74, 6) is -3.71. The number of cyclic esters (lactones) is 2. The standard InChI is InChI=1S/C16H20O7.C14H16O7/c1-7(2)14(18)20-6-10(17)21-9-5-8-11-12(13(9)22-8)16(3,4)23-15(11)19;1-6(2)13(16)19-5-10(15)20-9-3-8-11-7(12(9)21-8)4-18-14(11)17/h8-9,11-13H,1,5-6H2,2-4H3;7-9,11-12H,1,3-5H2,2H3. The van der Waals surface area contributed by atoms with Crippen molar-refractivity contribution in [1.29, 1.82) is 0 Å². The summed E-state index contributed by atoms with van der Waals surface area (Å²) >= 11 is 0. The Hall–Kier alpha value is -3.78. The van der Waals surface area contributed by atoms with E-state index in [4.69, 9.17) is 37.9 Å². The van der Waals surface area contributed by atoms with Gasteiger partial charge in [-0.2, -0.15) is 0 Å². The second-order valence-electron chi connectivity index (χ2n) is 12.4. The SMILES string of the molecule is C=C(C)C(=O)OCC(=O)OC1CC2OC1C1C2C(=O)OC1(C)C.C=C(C)C(=O)OCC(=O)OC1CC2OC1C1COC(=O)C21. The van der Waals surface area contributed by atoms with Gasteiger partial charge in [0.05, 0.1) is 30.7 Å². The summed E-state index contributed by atoms with van der Waals surface area (Å²) < 4.78 is 42.1. The van der Waals surface area contributed by atoms with Crippen LogP contribution in [0.3, 0.4) is 0 Å². The quantitative estimate of drug-likeness (QED) is 0.211. The summed E-state index contributed by atoms with van der Waals surface area (Å²) in [7, 11) is 0. The van der Waals surface area contributed by atoms with Gasteiger partial charge in [0, 0.05) is 35.8 Å². The molecule has 6 heterocycles. The summed E-state index contributed by atoms with van der Waals surface area (Å²) in [4.78, 5) is 69.5. The molecule has 0 N–H and O–H groups in total. The zero-order chi connectivity index (χ0) is 32.1. The summed E-state index contributed by atoms with van der Waals surface area (Å²) in [5.41, 5.74) is -0.207. The third-order valence-electron chi connectivity index (χ3n) is 8.78. The molecule has 0 amide bonds. The number of ether oxygens (including phenoxy) is 8. The van der Waals surface area contributed by atoms with E-state index in [0.29, 0.717) is 19.4 Å².